The highest BCUT2D eigenvalue weighted by molar-refractivity contribution is 6.32. The van der Waals surface area contributed by atoms with Gasteiger partial charge in [0.05, 0.1) is 41.3 Å². The number of nitrogens with zero attached hydrogens (tertiary/aromatic N) is 3. The summed E-state index contributed by atoms with van der Waals surface area (Å²) < 4.78 is 122. The van der Waals surface area contributed by atoms with Crippen LogP contribution < -0.4 is 11.1 Å². The van der Waals surface area contributed by atoms with E-state index in [0.29, 0.717) is 11.1 Å². The lowest BCUT2D eigenvalue weighted by atomic mass is 10.1. The molecule has 0 aliphatic heterocycles. The molecule has 0 aliphatic rings. The summed E-state index contributed by atoms with van der Waals surface area (Å²) in [6.45, 7) is 8.00. The predicted octanol–water partition coefficient (Wildman–Crippen LogP) is 11.6. The van der Waals surface area contributed by atoms with E-state index < -0.39 is 71.6 Å². The number of halogens is 12. The molecule has 4 aromatic rings. The van der Waals surface area contributed by atoms with Crippen LogP contribution in [0.5, 0.6) is 0 Å². The standard InChI is InChI=1S/C20H21ClF3N3O4.C10H7ClF3NO.C9H9ClF3N/c1-11(2)30-18(28)16(10-17-25-7-4-8-26-17)31-19(29)27-12(3)14-6-5-13(9-15(14)21)20(22,23)24;1-6(15-5-16)8-3-2-7(4-9(8)11)10(12,13)14;1-5(14)7-3-2-6(4-8(7)10)9(11,12)13/h4-9,11-12,16H,10H2,1-3H3,(H,27,29);2-4,6H,1H3;2-5H,14H2,1H3/t12-,16+;6-;5-/m000/s1. The van der Waals surface area contributed by atoms with Crippen molar-refractivity contribution in [3.63, 3.8) is 0 Å². The summed E-state index contributed by atoms with van der Waals surface area (Å²) in [7, 11) is 0. The van der Waals surface area contributed by atoms with E-state index in [1.165, 1.54) is 43.6 Å². The fourth-order valence-electron chi connectivity index (χ4n) is 4.82. The third-order valence-electron chi connectivity index (χ3n) is 7.82. The van der Waals surface area contributed by atoms with E-state index in [-0.39, 0.29) is 38.9 Å². The van der Waals surface area contributed by atoms with Gasteiger partial charge in [0.2, 0.25) is 12.2 Å². The Kier molecular flexibility index (Phi) is 19.5. The number of alkyl carbamates (subject to hydrolysis) is 1. The highest BCUT2D eigenvalue weighted by Crippen LogP contribution is 2.36. The van der Waals surface area contributed by atoms with Crippen LogP contribution in [0.4, 0.5) is 44.3 Å². The van der Waals surface area contributed by atoms with Gasteiger partial charge in [-0.05, 0) is 93.8 Å². The van der Waals surface area contributed by atoms with Crippen molar-refractivity contribution in [2.24, 2.45) is 10.7 Å². The number of carbonyl (C=O) groups is 2. The van der Waals surface area contributed by atoms with Gasteiger partial charge in [0.15, 0.2) is 0 Å². The molecule has 4 rings (SSSR count). The van der Waals surface area contributed by atoms with Crippen molar-refractivity contribution in [1.82, 2.24) is 15.3 Å². The Balaban J connectivity index is 0.000000355. The van der Waals surface area contributed by atoms with Crippen molar-refractivity contribution in [2.75, 3.05) is 0 Å². The highest BCUT2D eigenvalue weighted by Gasteiger charge is 2.33. The van der Waals surface area contributed by atoms with Gasteiger partial charge in [0, 0.05) is 33.5 Å². The van der Waals surface area contributed by atoms with Crippen LogP contribution in [0.25, 0.3) is 0 Å². The largest absolute Gasteiger partial charge is 0.460 e. The number of aliphatic imine (C=N–C) groups is 1. The molecule has 10 nitrogen and oxygen atoms in total. The van der Waals surface area contributed by atoms with E-state index in [0.717, 1.165) is 36.4 Å². The summed E-state index contributed by atoms with van der Waals surface area (Å²) >= 11 is 17.3. The Morgan fingerprint density at radius 3 is 1.52 bits per heavy atom. The van der Waals surface area contributed by atoms with Crippen molar-refractivity contribution in [3.05, 3.63) is 127 Å². The number of isocyanates is 1. The molecule has 0 fully saturated rings. The fourth-order valence-corrected chi connectivity index (χ4v) is 5.85. The number of rotatable bonds is 10. The topological polar surface area (TPSA) is 146 Å². The van der Waals surface area contributed by atoms with Gasteiger partial charge in [0.25, 0.3) is 0 Å². The monoisotopic (exact) mass is 931 g/mol. The summed E-state index contributed by atoms with van der Waals surface area (Å²) in [5, 5.41) is 2.26. The van der Waals surface area contributed by atoms with Crippen molar-refractivity contribution < 1.29 is 63.4 Å². The average Bonchev–Trinajstić information content (AvgIpc) is 3.14. The van der Waals surface area contributed by atoms with Gasteiger partial charge in [-0.1, -0.05) is 53.0 Å². The zero-order valence-electron chi connectivity index (χ0n) is 32.5. The number of ether oxygens (including phenoxy) is 2. The Labute approximate surface area is 358 Å². The van der Waals surface area contributed by atoms with Gasteiger partial charge >= 0.3 is 30.6 Å². The summed E-state index contributed by atoms with van der Waals surface area (Å²) in [5.74, 6) is -0.516. The number of aromatic nitrogens is 2. The van der Waals surface area contributed by atoms with Crippen LogP contribution in [0.3, 0.4) is 0 Å². The molecular weight excluding hydrogens is 896 g/mol. The van der Waals surface area contributed by atoms with Crippen LogP contribution in [0.2, 0.25) is 15.1 Å². The van der Waals surface area contributed by atoms with E-state index in [2.05, 4.69) is 20.3 Å². The fraction of sp³-hybridized carbons (Fsp3) is 0.359. The quantitative estimate of drug-likeness (QED) is 0.0692. The first-order valence-corrected chi connectivity index (χ1v) is 18.6. The molecule has 0 radical (unpaired) electrons. The molecule has 0 saturated carbocycles. The van der Waals surface area contributed by atoms with E-state index in [1.807, 2.05) is 0 Å². The van der Waals surface area contributed by atoms with Crippen LogP contribution in [-0.2, 0) is 44.0 Å². The molecule has 0 spiro atoms. The minimum atomic E-state index is -4.54. The maximum Gasteiger partial charge on any atom is 0.416 e. The van der Waals surface area contributed by atoms with Gasteiger partial charge in [-0.2, -0.15) is 44.5 Å². The van der Waals surface area contributed by atoms with Gasteiger partial charge in [0.1, 0.15) is 5.82 Å². The predicted molar refractivity (Wildman–Crippen MR) is 207 cm³/mol. The van der Waals surface area contributed by atoms with Gasteiger partial charge in [-0.15, -0.1) is 0 Å². The van der Waals surface area contributed by atoms with Gasteiger partial charge < -0.3 is 20.5 Å². The van der Waals surface area contributed by atoms with Crippen LogP contribution in [0.15, 0.2) is 78.0 Å². The molecule has 61 heavy (non-hydrogen) atoms. The molecule has 1 amide bonds. The molecule has 0 saturated heterocycles. The number of nitrogens with two attached hydrogens (primary N) is 1. The van der Waals surface area contributed by atoms with E-state index in [1.54, 1.807) is 33.8 Å². The molecule has 0 bridgehead atoms. The number of benzene rings is 3. The number of hydrogen-bond acceptors (Lipinski definition) is 9. The second kappa shape index (κ2) is 22.8. The normalized spacial score (nSPS) is 13.5. The molecule has 3 N–H and O–H groups in total. The Hall–Kier alpha value is -4.94. The second-order valence-corrected chi connectivity index (χ2v) is 14.2. The zero-order valence-corrected chi connectivity index (χ0v) is 34.8. The lowest BCUT2D eigenvalue weighted by Gasteiger charge is -2.21. The minimum absolute atomic E-state index is 0.0508. The molecule has 1 heterocycles. The van der Waals surface area contributed by atoms with E-state index in [4.69, 9.17) is 50.0 Å². The first-order chi connectivity index (χ1) is 28.1. The molecule has 22 heteroatoms. The molecule has 332 valence electrons. The molecule has 1 aromatic heterocycles. The molecule has 0 unspecified atom stereocenters. The van der Waals surface area contributed by atoms with Crippen LogP contribution in [0.1, 0.15) is 91.9 Å². The SMILES string of the molecule is CC(C)OC(=O)[C@@H](Cc1ncccn1)OC(=O)N[C@@H](C)c1ccc(C(F)(F)F)cc1Cl.C[C@H](N)c1ccc(C(F)(F)F)cc1Cl.C[C@H](N=C=O)c1ccc(C(F)(F)F)cc1Cl. The maximum atomic E-state index is 12.8. The third-order valence-corrected chi connectivity index (χ3v) is 8.80. The first-order valence-electron chi connectivity index (χ1n) is 17.5. The zero-order chi connectivity index (χ0) is 46.5. The molecular formula is C39H37Cl3F9N5O5. The summed E-state index contributed by atoms with van der Waals surface area (Å²) in [5.41, 5.74) is 4.14. The highest BCUT2D eigenvalue weighted by atomic mass is 35.5. The van der Waals surface area contributed by atoms with Crippen LogP contribution >= 0.6 is 34.8 Å². The van der Waals surface area contributed by atoms with Crippen molar-refractivity contribution in [1.29, 1.82) is 0 Å². The molecule has 0 aliphatic carbocycles. The number of carbonyl (C=O) groups excluding carboxylic acids is 3. The average molecular weight is 933 g/mol. The lowest BCUT2D eigenvalue weighted by molar-refractivity contribution is -0.157. The third kappa shape index (κ3) is 17.2. The number of esters is 1. The number of hydrogen-bond donors (Lipinski definition) is 2. The Morgan fingerprint density at radius 2 is 1.15 bits per heavy atom. The second-order valence-electron chi connectivity index (χ2n) is 13.0. The number of alkyl halides is 9. The Morgan fingerprint density at radius 1 is 0.721 bits per heavy atom. The van der Waals surface area contributed by atoms with Crippen molar-refractivity contribution >= 4 is 52.9 Å². The minimum Gasteiger partial charge on any atom is -0.460 e. The summed E-state index contributed by atoms with van der Waals surface area (Å²) in [6, 6.07) is 8.71. The van der Waals surface area contributed by atoms with Gasteiger partial charge in [-0.25, -0.2) is 24.4 Å². The smallest absolute Gasteiger partial charge is 0.416 e. The molecule has 3 aromatic carbocycles. The Bertz CT molecular complexity index is 2140. The van der Waals surface area contributed by atoms with Crippen molar-refractivity contribution in [2.45, 2.75) is 89.9 Å². The first kappa shape index (κ1) is 52.2. The van der Waals surface area contributed by atoms with Gasteiger partial charge in [-0.3, -0.25) is 0 Å². The van der Waals surface area contributed by atoms with Crippen LogP contribution in [0, 0.1) is 0 Å². The van der Waals surface area contributed by atoms with E-state index in [9.17, 15) is 53.9 Å². The maximum absolute atomic E-state index is 12.8. The number of amides is 1. The lowest BCUT2D eigenvalue weighted by Crippen LogP contribution is -2.38. The summed E-state index contributed by atoms with van der Waals surface area (Å²) in [6.07, 6.45) is -11.9. The number of nitrogens with one attached hydrogen (secondary N) is 1. The van der Waals surface area contributed by atoms with E-state index >= 15 is 0 Å². The summed E-state index contributed by atoms with van der Waals surface area (Å²) in [4.78, 5) is 46.1. The molecule has 4 atom stereocenters. The van der Waals surface area contributed by atoms with Crippen molar-refractivity contribution in [3.8, 4) is 0 Å². The van der Waals surface area contributed by atoms with Crippen LogP contribution in [-0.4, -0.2) is 40.3 Å².